The molecule has 2 aromatic heterocycles. The lowest BCUT2D eigenvalue weighted by atomic mass is 10.2. The van der Waals surface area contributed by atoms with E-state index in [2.05, 4.69) is 18.7 Å². The summed E-state index contributed by atoms with van der Waals surface area (Å²) in [5.41, 5.74) is -0.0911. The van der Waals surface area contributed by atoms with E-state index < -0.39 is 0 Å². The number of piperazine rings is 1. The first-order chi connectivity index (χ1) is 11.5. The molecule has 24 heavy (non-hydrogen) atoms. The minimum Gasteiger partial charge on any atom is -0.454 e. The van der Waals surface area contributed by atoms with Crippen molar-refractivity contribution in [3.63, 3.8) is 0 Å². The SMILES string of the molecule is CC(C)N1CCN(C(=O)c2ccc(Cn3ccccc3=O)o2)CC1. The lowest BCUT2D eigenvalue weighted by Gasteiger charge is -2.36. The molecule has 6 nitrogen and oxygen atoms in total. The molecule has 0 atom stereocenters. The number of carbonyl (C=O) groups excluding carboxylic acids is 1. The van der Waals surface area contributed by atoms with Gasteiger partial charge in [0.15, 0.2) is 5.76 Å². The van der Waals surface area contributed by atoms with E-state index in [1.54, 1.807) is 35.0 Å². The van der Waals surface area contributed by atoms with Gasteiger partial charge in [-0.25, -0.2) is 0 Å². The summed E-state index contributed by atoms with van der Waals surface area (Å²) in [4.78, 5) is 28.5. The first-order valence-corrected chi connectivity index (χ1v) is 8.32. The minimum atomic E-state index is -0.0911. The summed E-state index contributed by atoms with van der Waals surface area (Å²) in [7, 11) is 0. The number of hydrogen-bond donors (Lipinski definition) is 0. The van der Waals surface area contributed by atoms with Gasteiger partial charge in [-0.3, -0.25) is 14.5 Å². The Bertz CT molecular complexity index is 755. The van der Waals surface area contributed by atoms with Crippen LogP contribution in [0.1, 0.15) is 30.2 Å². The fourth-order valence-corrected chi connectivity index (χ4v) is 2.93. The average Bonchev–Trinajstić information content (AvgIpc) is 3.05. The van der Waals surface area contributed by atoms with E-state index in [0.29, 0.717) is 37.2 Å². The van der Waals surface area contributed by atoms with Crippen LogP contribution in [0.4, 0.5) is 0 Å². The fraction of sp³-hybridized carbons (Fsp3) is 0.444. The molecule has 1 aliphatic rings. The largest absolute Gasteiger partial charge is 0.454 e. The zero-order valence-corrected chi connectivity index (χ0v) is 14.1. The van der Waals surface area contributed by atoms with Crippen molar-refractivity contribution >= 4 is 5.91 Å². The molecule has 0 N–H and O–H groups in total. The number of pyridine rings is 1. The number of nitrogens with zero attached hydrogens (tertiary/aromatic N) is 3. The first kappa shape index (κ1) is 16.5. The maximum absolute atomic E-state index is 12.6. The molecule has 2 aromatic rings. The zero-order valence-electron chi connectivity index (χ0n) is 14.1. The van der Waals surface area contributed by atoms with Gasteiger partial charge in [0.05, 0.1) is 6.54 Å². The number of aromatic nitrogens is 1. The quantitative estimate of drug-likeness (QED) is 0.856. The van der Waals surface area contributed by atoms with Crippen LogP contribution in [0.2, 0.25) is 0 Å². The molecule has 3 heterocycles. The number of carbonyl (C=O) groups is 1. The van der Waals surface area contributed by atoms with E-state index >= 15 is 0 Å². The molecule has 3 rings (SSSR count). The van der Waals surface area contributed by atoms with E-state index in [-0.39, 0.29) is 11.5 Å². The highest BCUT2D eigenvalue weighted by atomic mass is 16.4. The predicted molar refractivity (Wildman–Crippen MR) is 91.1 cm³/mol. The zero-order chi connectivity index (χ0) is 17.1. The first-order valence-electron chi connectivity index (χ1n) is 8.32. The molecule has 0 aliphatic carbocycles. The van der Waals surface area contributed by atoms with Crippen LogP contribution in [0.15, 0.2) is 45.7 Å². The van der Waals surface area contributed by atoms with Crippen molar-refractivity contribution in [3.8, 4) is 0 Å². The summed E-state index contributed by atoms with van der Waals surface area (Å²) >= 11 is 0. The third kappa shape index (κ3) is 3.59. The molecule has 0 radical (unpaired) electrons. The monoisotopic (exact) mass is 329 g/mol. The summed E-state index contributed by atoms with van der Waals surface area (Å²) in [6, 6.07) is 8.96. The van der Waals surface area contributed by atoms with Crippen molar-refractivity contribution in [2.75, 3.05) is 26.2 Å². The number of hydrogen-bond acceptors (Lipinski definition) is 4. The van der Waals surface area contributed by atoms with Gasteiger partial charge in [-0.05, 0) is 32.0 Å². The van der Waals surface area contributed by atoms with Crippen molar-refractivity contribution in [2.45, 2.75) is 26.4 Å². The predicted octanol–water partition coefficient (Wildman–Crippen LogP) is 1.66. The van der Waals surface area contributed by atoms with Crippen molar-refractivity contribution in [1.82, 2.24) is 14.4 Å². The molecule has 1 fully saturated rings. The molecule has 0 aromatic carbocycles. The van der Waals surface area contributed by atoms with Crippen LogP contribution >= 0.6 is 0 Å². The van der Waals surface area contributed by atoms with Gasteiger partial charge in [0.2, 0.25) is 0 Å². The Morgan fingerprint density at radius 2 is 1.88 bits per heavy atom. The maximum Gasteiger partial charge on any atom is 0.289 e. The van der Waals surface area contributed by atoms with Gasteiger partial charge in [0.1, 0.15) is 5.76 Å². The molecule has 1 amide bonds. The van der Waals surface area contributed by atoms with Gasteiger partial charge < -0.3 is 13.9 Å². The normalized spacial score (nSPS) is 15.9. The van der Waals surface area contributed by atoms with Crippen molar-refractivity contribution in [3.05, 3.63) is 58.4 Å². The van der Waals surface area contributed by atoms with E-state index in [1.807, 2.05) is 4.90 Å². The highest BCUT2D eigenvalue weighted by molar-refractivity contribution is 5.91. The molecule has 0 unspecified atom stereocenters. The minimum absolute atomic E-state index is 0.0786. The Kier molecular flexibility index (Phi) is 4.85. The number of amides is 1. The topological polar surface area (TPSA) is 58.7 Å². The molecule has 128 valence electrons. The van der Waals surface area contributed by atoms with Crippen LogP contribution in [-0.2, 0) is 6.54 Å². The van der Waals surface area contributed by atoms with E-state index in [1.165, 1.54) is 6.07 Å². The summed E-state index contributed by atoms with van der Waals surface area (Å²) in [5, 5.41) is 0. The van der Waals surface area contributed by atoms with Gasteiger partial charge in [0.25, 0.3) is 11.5 Å². The Hall–Kier alpha value is -2.34. The van der Waals surface area contributed by atoms with Crippen LogP contribution < -0.4 is 5.56 Å². The second-order valence-electron chi connectivity index (χ2n) is 6.35. The Balaban J connectivity index is 1.64. The van der Waals surface area contributed by atoms with Gasteiger partial charge in [-0.2, -0.15) is 0 Å². The van der Waals surface area contributed by atoms with Crippen LogP contribution in [0.25, 0.3) is 0 Å². The molecule has 6 heteroatoms. The highest BCUT2D eigenvalue weighted by Crippen LogP contribution is 2.14. The van der Waals surface area contributed by atoms with Crippen molar-refractivity contribution in [1.29, 1.82) is 0 Å². The number of rotatable bonds is 4. The molecule has 0 bridgehead atoms. The van der Waals surface area contributed by atoms with Crippen molar-refractivity contribution < 1.29 is 9.21 Å². The van der Waals surface area contributed by atoms with Crippen LogP contribution in [0.5, 0.6) is 0 Å². The van der Waals surface area contributed by atoms with Crippen molar-refractivity contribution in [2.24, 2.45) is 0 Å². The molecular weight excluding hydrogens is 306 g/mol. The third-order valence-electron chi connectivity index (χ3n) is 4.43. The lowest BCUT2D eigenvalue weighted by molar-refractivity contribution is 0.0564. The van der Waals surface area contributed by atoms with E-state index in [4.69, 9.17) is 4.42 Å². The summed E-state index contributed by atoms with van der Waals surface area (Å²) < 4.78 is 7.22. The molecule has 0 saturated carbocycles. The average molecular weight is 329 g/mol. The summed E-state index contributed by atoms with van der Waals surface area (Å²) in [6.07, 6.45) is 1.71. The van der Waals surface area contributed by atoms with Crippen LogP contribution in [0.3, 0.4) is 0 Å². The third-order valence-corrected chi connectivity index (χ3v) is 4.43. The van der Waals surface area contributed by atoms with E-state index in [0.717, 1.165) is 13.1 Å². The van der Waals surface area contributed by atoms with Crippen LogP contribution in [0, 0.1) is 0 Å². The second kappa shape index (κ2) is 7.05. The van der Waals surface area contributed by atoms with Crippen LogP contribution in [-0.4, -0.2) is 52.5 Å². The van der Waals surface area contributed by atoms with Gasteiger partial charge in [0, 0.05) is 44.5 Å². The molecule has 1 saturated heterocycles. The summed E-state index contributed by atoms with van der Waals surface area (Å²) in [6.45, 7) is 7.86. The molecule has 1 aliphatic heterocycles. The highest BCUT2D eigenvalue weighted by Gasteiger charge is 2.25. The van der Waals surface area contributed by atoms with Gasteiger partial charge in [-0.1, -0.05) is 6.07 Å². The van der Waals surface area contributed by atoms with E-state index in [9.17, 15) is 9.59 Å². The van der Waals surface area contributed by atoms with Gasteiger partial charge >= 0.3 is 0 Å². The lowest BCUT2D eigenvalue weighted by Crippen LogP contribution is -2.50. The Morgan fingerprint density at radius 1 is 1.12 bits per heavy atom. The smallest absolute Gasteiger partial charge is 0.289 e. The fourth-order valence-electron chi connectivity index (χ4n) is 2.93. The maximum atomic E-state index is 12.6. The Morgan fingerprint density at radius 3 is 2.54 bits per heavy atom. The standard InChI is InChI=1S/C18H23N3O3/c1-14(2)19-9-11-20(12-10-19)18(23)16-7-6-15(24-16)13-21-8-4-3-5-17(21)22/h3-8,14H,9-13H2,1-2H3. The second-order valence-corrected chi connectivity index (χ2v) is 6.35. The number of furan rings is 1. The molecule has 0 spiro atoms. The molecular formula is C18H23N3O3. The summed E-state index contributed by atoms with van der Waals surface area (Å²) in [5.74, 6) is 0.865. The van der Waals surface area contributed by atoms with Gasteiger partial charge in [-0.15, -0.1) is 0 Å². The Labute approximate surface area is 141 Å².